The maximum Gasteiger partial charge on any atom is 0.00323 e. The molecule has 2 atom stereocenters. The molecule has 0 aromatic heterocycles. The SMILES string of the molecule is C[C@]12CCc3c(C4CC4)cccc3[C@H]1CNC2. The second-order valence-corrected chi connectivity index (χ2v) is 6.53. The molecule has 17 heavy (non-hydrogen) atoms. The highest BCUT2D eigenvalue weighted by atomic mass is 14.9. The van der Waals surface area contributed by atoms with Crippen molar-refractivity contribution in [3.8, 4) is 0 Å². The van der Waals surface area contributed by atoms with Crippen LogP contribution >= 0.6 is 0 Å². The van der Waals surface area contributed by atoms with Gasteiger partial charge in [0, 0.05) is 19.0 Å². The van der Waals surface area contributed by atoms with Crippen LogP contribution in [0.3, 0.4) is 0 Å². The van der Waals surface area contributed by atoms with Gasteiger partial charge in [0.25, 0.3) is 0 Å². The predicted molar refractivity (Wildman–Crippen MR) is 70.5 cm³/mol. The lowest BCUT2D eigenvalue weighted by molar-refractivity contribution is 0.277. The second kappa shape index (κ2) is 3.35. The van der Waals surface area contributed by atoms with E-state index in [0.717, 1.165) is 11.8 Å². The van der Waals surface area contributed by atoms with Crippen molar-refractivity contribution >= 4 is 0 Å². The quantitative estimate of drug-likeness (QED) is 0.777. The fourth-order valence-electron chi connectivity index (χ4n) is 4.05. The second-order valence-electron chi connectivity index (χ2n) is 6.53. The lowest BCUT2D eigenvalue weighted by Crippen LogP contribution is -2.30. The van der Waals surface area contributed by atoms with Gasteiger partial charge >= 0.3 is 0 Å². The lowest BCUT2D eigenvalue weighted by atomic mass is 9.66. The Bertz CT molecular complexity index is 461. The lowest BCUT2D eigenvalue weighted by Gasteiger charge is -2.38. The van der Waals surface area contributed by atoms with Crippen LogP contribution in [-0.2, 0) is 6.42 Å². The summed E-state index contributed by atoms with van der Waals surface area (Å²) >= 11 is 0. The third-order valence-corrected chi connectivity index (χ3v) is 5.31. The summed E-state index contributed by atoms with van der Waals surface area (Å²) in [6, 6.07) is 7.09. The molecule has 4 rings (SSSR count). The van der Waals surface area contributed by atoms with E-state index in [-0.39, 0.29) is 0 Å². The molecule has 1 N–H and O–H groups in total. The van der Waals surface area contributed by atoms with Crippen molar-refractivity contribution in [2.75, 3.05) is 13.1 Å². The number of fused-ring (bicyclic) bond motifs is 3. The van der Waals surface area contributed by atoms with Crippen LogP contribution in [-0.4, -0.2) is 13.1 Å². The molecular weight excluding hydrogens is 206 g/mol. The summed E-state index contributed by atoms with van der Waals surface area (Å²) in [6.45, 7) is 4.88. The maximum absolute atomic E-state index is 3.61. The van der Waals surface area contributed by atoms with Crippen LogP contribution in [0.5, 0.6) is 0 Å². The van der Waals surface area contributed by atoms with Crippen molar-refractivity contribution in [3.63, 3.8) is 0 Å². The van der Waals surface area contributed by atoms with Crippen LogP contribution in [0.2, 0.25) is 0 Å². The normalized spacial score (nSPS) is 35.5. The third kappa shape index (κ3) is 1.41. The Kier molecular flexibility index (Phi) is 2.00. The molecule has 2 fully saturated rings. The largest absolute Gasteiger partial charge is 0.316 e. The standard InChI is InChI=1S/C16H21N/c1-16-8-7-13-12(11-5-6-11)3-2-4-14(13)15(16)9-17-10-16/h2-4,11,15,17H,5-10H2,1H3/t15-,16-/m1/s1. The monoisotopic (exact) mass is 227 g/mol. The van der Waals surface area contributed by atoms with Gasteiger partial charge in [-0.1, -0.05) is 25.1 Å². The van der Waals surface area contributed by atoms with E-state index >= 15 is 0 Å². The van der Waals surface area contributed by atoms with E-state index in [1.165, 1.54) is 38.8 Å². The average Bonchev–Trinajstić information content (AvgIpc) is 3.10. The minimum atomic E-state index is 0.523. The molecule has 90 valence electrons. The van der Waals surface area contributed by atoms with E-state index in [2.05, 4.69) is 30.4 Å². The molecule has 1 aromatic carbocycles. The molecule has 1 aromatic rings. The summed E-state index contributed by atoms with van der Waals surface area (Å²) < 4.78 is 0. The fraction of sp³-hybridized carbons (Fsp3) is 0.625. The van der Waals surface area contributed by atoms with E-state index in [0.29, 0.717) is 5.41 Å². The highest BCUT2D eigenvalue weighted by molar-refractivity contribution is 5.44. The molecule has 0 bridgehead atoms. The zero-order valence-electron chi connectivity index (χ0n) is 10.6. The Hall–Kier alpha value is -0.820. The van der Waals surface area contributed by atoms with Crippen LogP contribution in [0.1, 0.15) is 54.7 Å². The summed E-state index contributed by atoms with van der Waals surface area (Å²) in [7, 11) is 0. The molecule has 2 aliphatic carbocycles. The van der Waals surface area contributed by atoms with Gasteiger partial charge in [-0.2, -0.15) is 0 Å². The van der Waals surface area contributed by atoms with Crippen LogP contribution in [0.15, 0.2) is 18.2 Å². The van der Waals surface area contributed by atoms with Crippen molar-refractivity contribution in [1.82, 2.24) is 5.32 Å². The average molecular weight is 227 g/mol. The van der Waals surface area contributed by atoms with E-state index in [4.69, 9.17) is 0 Å². The summed E-state index contributed by atoms with van der Waals surface area (Å²) in [6.07, 6.45) is 5.55. The van der Waals surface area contributed by atoms with Crippen LogP contribution in [0.25, 0.3) is 0 Å². The molecule has 0 unspecified atom stereocenters. The van der Waals surface area contributed by atoms with Crippen molar-refractivity contribution < 1.29 is 0 Å². The summed E-state index contributed by atoms with van der Waals surface area (Å²) in [4.78, 5) is 0. The molecule has 0 radical (unpaired) electrons. The highest BCUT2D eigenvalue weighted by Gasteiger charge is 2.44. The number of benzene rings is 1. The summed E-state index contributed by atoms with van der Waals surface area (Å²) in [5.74, 6) is 1.67. The van der Waals surface area contributed by atoms with Crippen LogP contribution in [0.4, 0.5) is 0 Å². The van der Waals surface area contributed by atoms with Gasteiger partial charge in [-0.15, -0.1) is 0 Å². The maximum atomic E-state index is 3.61. The number of hydrogen-bond acceptors (Lipinski definition) is 1. The van der Waals surface area contributed by atoms with Gasteiger partial charge in [-0.05, 0) is 53.7 Å². The van der Waals surface area contributed by atoms with Gasteiger partial charge in [-0.3, -0.25) is 0 Å². The Balaban J connectivity index is 1.84. The first-order valence-corrected chi connectivity index (χ1v) is 7.10. The zero-order chi connectivity index (χ0) is 11.5. The summed E-state index contributed by atoms with van der Waals surface area (Å²) in [5, 5.41) is 3.61. The van der Waals surface area contributed by atoms with E-state index in [9.17, 15) is 0 Å². The summed E-state index contributed by atoms with van der Waals surface area (Å²) in [5.41, 5.74) is 5.61. The van der Waals surface area contributed by atoms with E-state index in [1.807, 2.05) is 0 Å². The molecule has 3 aliphatic rings. The number of nitrogens with one attached hydrogen (secondary N) is 1. The molecule has 0 amide bonds. The molecule has 1 heteroatoms. The Labute approximate surface area is 104 Å². The van der Waals surface area contributed by atoms with Crippen LogP contribution in [0, 0.1) is 5.41 Å². The molecule has 1 heterocycles. The molecule has 1 nitrogen and oxygen atoms in total. The Morgan fingerprint density at radius 2 is 2.06 bits per heavy atom. The molecule has 1 saturated heterocycles. The minimum absolute atomic E-state index is 0.523. The predicted octanol–water partition coefficient (Wildman–Crippen LogP) is 3.20. The van der Waals surface area contributed by atoms with Gasteiger partial charge < -0.3 is 5.32 Å². The van der Waals surface area contributed by atoms with E-state index < -0.39 is 0 Å². The molecule has 0 spiro atoms. The molecule has 1 aliphatic heterocycles. The highest BCUT2D eigenvalue weighted by Crippen LogP contribution is 2.51. The number of rotatable bonds is 1. The molecular formula is C16H21N. The van der Waals surface area contributed by atoms with Crippen molar-refractivity contribution in [2.45, 2.75) is 44.4 Å². The Morgan fingerprint density at radius 1 is 1.24 bits per heavy atom. The first-order valence-electron chi connectivity index (χ1n) is 7.10. The van der Waals surface area contributed by atoms with E-state index in [1.54, 1.807) is 16.7 Å². The van der Waals surface area contributed by atoms with Crippen molar-refractivity contribution in [1.29, 1.82) is 0 Å². The minimum Gasteiger partial charge on any atom is -0.316 e. The third-order valence-electron chi connectivity index (χ3n) is 5.31. The fourth-order valence-corrected chi connectivity index (χ4v) is 4.05. The van der Waals surface area contributed by atoms with Gasteiger partial charge in [0.2, 0.25) is 0 Å². The Morgan fingerprint density at radius 3 is 2.88 bits per heavy atom. The van der Waals surface area contributed by atoms with Crippen molar-refractivity contribution in [2.24, 2.45) is 5.41 Å². The molecule has 1 saturated carbocycles. The first kappa shape index (κ1) is 10.1. The van der Waals surface area contributed by atoms with Gasteiger partial charge in [-0.25, -0.2) is 0 Å². The van der Waals surface area contributed by atoms with Gasteiger partial charge in [0.15, 0.2) is 0 Å². The topological polar surface area (TPSA) is 12.0 Å². The van der Waals surface area contributed by atoms with Gasteiger partial charge in [0.1, 0.15) is 0 Å². The van der Waals surface area contributed by atoms with Crippen molar-refractivity contribution in [3.05, 3.63) is 34.9 Å². The van der Waals surface area contributed by atoms with Gasteiger partial charge in [0.05, 0.1) is 0 Å². The number of hydrogen-bond donors (Lipinski definition) is 1. The smallest absolute Gasteiger partial charge is 0.00323 e. The zero-order valence-corrected chi connectivity index (χ0v) is 10.6. The first-order chi connectivity index (χ1) is 8.28. The van der Waals surface area contributed by atoms with Crippen LogP contribution < -0.4 is 5.32 Å².